The highest BCUT2D eigenvalue weighted by atomic mass is 16.5. The number of esters is 2. The van der Waals surface area contributed by atoms with Gasteiger partial charge in [0.05, 0.1) is 12.7 Å². The van der Waals surface area contributed by atoms with E-state index in [1.54, 1.807) is 0 Å². The molecule has 0 aliphatic heterocycles. The standard InChI is InChI=1S/C40H79NO6/c1-5-9-11-12-13-17-23-34-46-39(44)27-21-18-19-26-37(43)35-41(32-24-33-42)31-22-16-14-15-20-28-40(45)47-38(8-4)30-29-36(7-3)25-10-6-2/h36-38,42-43H,5-35H2,1-4H3. The van der Waals surface area contributed by atoms with Gasteiger partial charge in [-0.25, -0.2) is 0 Å². The quantitative estimate of drug-likeness (QED) is 0.0506. The molecule has 7 nitrogen and oxygen atoms in total. The molecule has 0 rings (SSSR count). The van der Waals surface area contributed by atoms with Crippen molar-refractivity contribution in [3.05, 3.63) is 0 Å². The average molecular weight is 670 g/mol. The first-order valence-electron chi connectivity index (χ1n) is 20.3. The Morgan fingerprint density at radius 1 is 0.596 bits per heavy atom. The molecule has 0 aromatic heterocycles. The second kappa shape index (κ2) is 34.7. The van der Waals surface area contributed by atoms with Crippen LogP contribution in [0.5, 0.6) is 0 Å². The maximum absolute atomic E-state index is 12.4. The molecule has 0 saturated carbocycles. The third-order valence-corrected chi connectivity index (χ3v) is 9.58. The van der Waals surface area contributed by atoms with Crippen LogP contribution in [-0.2, 0) is 19.1 Å². The van der Waals surface area contributed by atoms with Crippen LogP contribution in [0.1, 0.15) is 195 Å². The average Bonchev–Trinajstić information content (AvgIpc) is 3.06. The van der Waals surface area contributed by atoms with Crippen LogP contribution in [0.4, 0.5) is 0 Å². The minimum absolute atomic E-state index is 0.0404. The summed E-state index contributed by atoms with van der Waals surface area (Å²) in [7, 11) is 0. The summed E-state index contributed by atoms with van der Waals surface area (Å²) in [6.07, 6.45) is 26.5. The lowest BCUT2D eigenvalue weighted by Gasteiger charge is -2.25. The predicted molar refractivity (Wildman–Crippen MR) is 197 cm³/mol. The Morgan fingerprint density at radius 3 is 1.85 bits per heavy atom. The fraction of sp³-hybridized carbons (Fsp3) is 0.950. The maximum atomic E-state index is 12.4. The van der Waals surface area contributed by atoms with E-state index in [0.29, 0.717) is 32.4 Å². The number of ether oxygens (including phenoxy) is 2. The lowest BCUT2D eigenvalue weighted by atomic mass is 9.92. The Bertz CT molecular complexity index is 690. The molecule has 0 saturated heterocycles. The molecule has 47 heavy (non-hydrogen) atoms. The van der Waals surface area contributed by atoms with Crippen LogP contribution >= 0.6 is 0 Å². The van der Waals surface area contributed by atoms with Gasteiger partial charge in [0.2, 0.25) is 0 Å². The number of hydrogen-bond donors (Lipinski definition) is 2. The van der Waals surface area contributed by atoms with E-state index >= 15 is 0 Å². The number of aliphatic hydroxyl groups excluding tert-OH is 2. The van der Waals surface area contributed by atoms with Gasteiger partial charge in [0.1, 0.15) is 6.10 Å². The van der Waals surface area contributed by atoms with Crippen molar-refractivity contribution in [2.45, 2.75) is 207 Å². The highest BCUT2D eigenvalue weighted by Crippen LogP contribution is 2.22. The third-order valence-electron chi connectivity index (χ3n) is 9.58. The lowest BCUT2D eigenvalue weighted by molar-refractivity contribution is -0.150. The number of hydrogen-bond acceptors (Lipinski definition) is 7. The Kier molecular flexibility index (Phi) is 33.8. The number of rotatable bonds is 36. The monoisotopic (exact) mass is 670 g/mol. The Labute approximate surface area is 291 Å². The first kappa shape index (κ1) is 45.8. The van der Waals surface area contributed by atoms with Gasteiger partial charge in [-0.05, 0) is 70.3 Å². The zero-order valence-corrected chi connectivity index (χ0v) is 31.6. The summed E-state index contributed by atoms with van der Waals surface area (Å²) >= 11 is 0. The maximum Gasteiger partial charge on any atom is 0.306 e. The number of carbonyl (C=O) groups excluding carboxylic acids is 2. The molecule has 0 amide bonds. The molecule has 0 radical (unpaired) electrons. The van der Waals surface area contributed by atoms with Crippen LogP contribution in [0.3, 0.4) is 0 Å². The summed E-state index contributed by atoms with van der Waals surface area (Å²) in [5, 5.41) is 20.0. The van der Waals surface area contributed by atoms with Crippen LogP contribution in [0.25, 0.3) is 0 Å². The molecule has 0 heterocycles. The largest absolute Gasteiger partial charge is 0.466 e. The van der Waals surface area contributed by atoms with Gasteiger partial charge in [-0.1, -0.05) is 124 Å². The van der Waals surface area contributed by atoms with E-state index in [9.17, 15) is 19.8 Å². The molecule has 2 N–H and O–H groups in total. The molecule has 3 atom stereocenters. The minimum Gasteiger partial charge on any atom is -0.466 e. The zero-order chi connectivity index (χ0) is 34.8. The van der Waals surface area contributed by atoms with Crippen molar-refractivity contribution < 1.29 is 29.3 Å². The summed E-state index contributed by atoms with van der Waals surface area (Å²) < 4.78 is 11.2. The molecule has 280 valence electrons. The molecular formula is C40H79NO6. The molecule has 0 aliphatic rings. The topological polar surface area (TPSA) is 96.3 Å². The zero-order valence-electron chi connectivity index (χ0n) is 31.6. The molecule has 0 spiro atoms. The molecule has 3 unspecified atom stereocenters. The highest BCUT2D eigenvalue weighted by Gasteiger charge is 2.16. The van der Waals surface area contributed by atoms with E-state index in [2.05, 4.69) is 32.6 Å². The molecule has 0 aliphatic carbocycles. The first-order valence-corrected chi connectivity index (χ1v) is 20.3. The van der Waals surface area contributed by atoms with Crippen LogP contribution in [-0.4, -0.2) is 72.1 Å². The predicted octanol–water partition coefficient (Wildman–Crippen LogP) is 9.94. The smallest absolute Gasteiger partial charge is 0.306 e. The van der Waals surface area contributed by atoms with Gasteiger partial charge in [-0.2, -0.15) is 0 Å². The van der Waals surface area contributed by atoms with Gasteiger partial charge in [0.15, 0.2) is 0 Å². The van der Waals surface area contributed by atoms with Gasteiger partial charge in [-0.3, -0.25) is 9.59 Å². The summed E-state index contributed by atoms with van der Waals surface area (Å²) in [6.45, 7) is 11.9. The molecule has 0 aromatic carbocycles. The minimum atomic E-state index is -0.389. The normalized spacial score (nSPS) is 13.5. The molecule has 0 aromatic rings. The van der Waals surface area contributed by atoms with E-state index in [1.165, 1.54) is 57.8 Å². The SMILES string of the molecule is CCCCCCCCCOC(=O)CCCCCC(O)CN(CCCO)CCCCCCCC(=O)OC(CC)CCC(CC)CCCC. The van der Waals surface area contributed by atoms with Gasteiger partial charge >= 0.3 is 11.9 Å². The lowest BCUT2D eigenvalue weighted by Crippen LogP contribution is -2.34. The number of aliphatic hydroxyl groups is 2. The van der Waals surface area contributed by atoms with Crippen molar-refractivity contribution in [3.8, 4) is 0 Å². The van der Waals surface area contributed by atoms with Crippen molar-refractivity contribution in [2.24, 2.45) is 5.92 Å². The summed E-state index contributed by atoms with van der Waals surface area (Å²) in [5.41, 5.74) is 0. The Morgan fingerprint density at radius 2 is 1.19 bits per heavy atom. The van der Waals surface area contributed by atoms with E-state index < -0.39 is 0 Å². The second-order valence-corrected chi connectivity index (χ2v) is 14.0. The van der Waals surface area contributed by atoms with Crippen LogP contribution in [0, 0.1) is 5.92 Å². The number of nitrogens with zero attached hydrogens (tertiary/aromatic N) is 1. The van der Waals surface area contributed by atoms with Crippen LogP contribution in [0.15, 0.2) is 0 Å². The summed E-state index contributed by atoms with van der Waals surface area (Å²) in [4.78, 5) is 26.7. The molecular weight excluding hydrogens is 590 g/mol. The van der Waals surface area contributed by atoms with Gasteiger partial charge in [0, 0.05) is 32.5 Å². The molecule has 0 fully saturated rings. The van der Waals surface area contributed by atoms with E-state index in [1.807, 2.05) is 0 Å². The highest BCUT2D eigenvalue weighted by molar-refractivity contribution is 5.69. The third kappa shape index (κ3) is 30.6. The summed E-state index contributed by atoms with van der Waals surface area (Å²) in [6, 6.07) is 0. The van der Waals surface area contributed by atoms with Gasteiger partial charge < -0.3 is 24.6 Å². The fourth-order valence-electron chi connectivity index (χ4n) is 6.31. The number of unbranched alkanes of at least 4 members (excludes halogenated alkanes) is 13. The van der Waals surface area contributed by atoms with E-state index in [0.717, 1.165) is 109 Å². The Hall–Kier alpha value is -1.18. The fourth-order valence-corrected chi connectivity index (χ4v) is 6.31. The second-order valence-electron chi connectivity index (χ2n) is 14.0. The Balaban J connectivity index is 3.98. The molecule has 0 bridgehead atoms. The van der Waals surface area contributed by atoms with Gasteiger partial charge in [-0.15, -0.1) is 0 Å². The number of carbonyl (C=O) groups is 2. The summed E-state index contributed by atoms with van der Waals surface area (Å²) in [5.74, 6) is 0.621. The van der Waals surface area contributed by atoms with Crippen LogP contribution in [0.2, 0.25) is 0 Å². The van der Waals surface area contributed by atoms with Gasteiger partial charge in [0.25, 0.3) is 0 Å². The van der Waals surface area contributed by atoms with E-state index in [4.69, 9.17) is 9.47 Å². The van der Waals surface area contributed by atoms with Crippen molar-refractivity contribution in [2.75, 3.05) is 32.8 Å². The van der Waals surface area contributed by atoms with Crippen molar-refractivity contribution >= 4 is 11.9 Å². The molecule has 7 heteroatoms. The van der Waals surface area contributed by atoms with Crippen LogP contribution < -0.4 is 0 Å². The van der Waals surface area contributed by atoms with Crippen molar-refractivity contribution in [1.82, 2.24) is 4.90 Å². The van der Waals surface area contributed by atoms with E-state index in [-0.39, 0.29) is 30.8 Å². The first-order chi connectivity index (χ1) is 22.9. The van der Waals surface area contributed by atoms with Crippen molar-refractivity contribution in [1.29, 1.82) is 0 Å². The van der Waals surface area contributed by atoms with Crippen molar-refractivity contribution in [3.63, 3.8) is 0 Å².